The average molecular weight is 293 g/mol. The lowest BCUT2D eigenvalue weighted by molar-refractivity contribution is -0.143. The number of piperidine rings is 1. The molecule has 0 amide bonds. The predicted octanol–water partition coefficient (Wildman–Crippen LogP) is 3.95. The number of nitrogens with zero attached hydrogens (tertiary/aromatic N) is 1. The second kappa shape index (κ2) is 9.78. The molecule has 1 fully saturated rings. The van der Waals surface area contributed by atoms with Gasteiger partial charge in [0.05, 0.1) is 0 Å². The number of allylic oxidation sites excluding steroid dienone is 3. The first-order valence-electron chi connectivity index (χ1n) is 8.10. The van der Waals surface area contributed by atoms with E-state index in [-0.39, 0.29) is 5.97 Å². The summed E-state index contributed by atoms with van der Waals surface area (Å²) in [6.07, 6.45) is 9.19. The smallest absolute Gasteiger partial charge is 0.306 e. The summed E-state index contributed by atoms with van der Waals surface area (Å²) >= 11 is 0. The standard InChI is InChI=1S/C18H31NO2/c1-15(2)6-5-7-16(3)10-13-21-18(20)14-17-8-11-19(4)12-9-17/h6,10,17H,5,7-9,11-14H2,1-4H3/b16-10+. The van der Waals surface area contributed by atoms with E-state index in [1.165, 1.54) is 11.1 Å². The molecule has 0 saturated carbocycles. The van der Waals surface area contributed by atoms with Gasteiger partial charge in [0.1, 0.15) is 6.61 Å². The quantitative estimate of drug-likeness (QED) is 0.526. The van der Waals surface area contributed by atoms with Crippen LogP contribution in [0.25, 0.3) is 0 Å². The van der Waals surface area contributed by atoms with Crippen molar-refractivity contribution in [2.24, 2.45) is 5.92 Å². The monoisotopic (exact) mass is 293 g/mol. The molecule has 21 heavy (non-hydrogen) atoms. The molecule has 1 rings (SSSR count). The van der Waals surface area contributed by atoms with E-state index in [9.17, 15) is 4.79 Å². The van der Waals surface area contributed by atoms with Crippen molar-refractivity contribution >= 4 is 5.97 Å². The maximum Gasteiger partial charge on any atom is 0.306 e. The minimum atomic E-state index is -0.0436. The summed E-state index contributed by atoms with van der Waals surface area (Å²) in [7, 11) is 2.14. The molecule has 3 nitrogen and oxygen atoms in total. The lowest BCUT2D eigenvalue weighted by Gasteiger charge is -2.28. The summed E-state index contributed by atoms with van der Waals surface area (Å²) in [6, 6.07) is 0. The van der Waals surface area contributed by atoms with E-state index in [2.05, 4.69) is 38.8 Å². The second-order valence-corrected chi connectivity index (χ2v) is 6.50. The van der Waals surface area contributed by atoms with Crippen molar-refractivity contribution in [2.75, 3.05) is 26.7 Å². The molecule has 0 spiro atoms. The fourth-order valence-electron chi connectivity index (χ4n) is 2.53. The Labute approximate surface area is 130 Å². The van der Waals surface area contributed by atoms with Crippen molar-refractivity contribution in [3.63, 3.8) is 0 Å². The molecular weight excluding hydrogens is 262 g/mol. The molecule has 0 N–H and O–H groups in total. The van der Waals surface area contributed by atoms with Crippen molar-refractivity contribution in [3.05, 3.63) is 23.3 Å². The first kappa shape index (κ1) is 18.0. The highest BCUT2D eigenvalue weighted by molar-refractivity contribution is 5.69. The molecule has 1 aliphatic heterocycles. The highest BCUT2D eigenvalue weighted by Crippen LogP contribution is 2.19. The zero-order chi connectivity index (χ0) is 15.7. The van der Waals surface area contributed by atoms with E-state index in [1.54, 1.807) is 0 Å². The van der Waals surface area contributed by atoms with Crippen molar-refractivity contribution in [1.29, 1.82) is 0 Å². The number of hydrogen-bond acceptors (Lipinski definition) is 3. The topological polar surface area (TPSA) is 29.5 Å². The Bertz CT molecular complexity index is 373. The number of rotatable bonds is 7. The second-order valence-electron chi connectivity index (χ2n) is 6.50. The zero-order valence-electron chi connectivity index (χ0n) is 14.2. The van der Waals surface area contributed by atoms with Gasteiger partial charge in [-0.25, -0.2) is 0 Å². The van der Waals surface area contributed by atoms with Crippen molar-refractivity contribution in [1.82, 2.24) is 4.90 Å². The summed E-state index contributed by atoms with van der Waals surface area (Å²) < 4.78 is 5.33. The van der Waals surface area contributed by atoms with Gasteiger partial charge in [-0.05, 0) is 78.6 Å². The van der Waals surface area contributed by atoms with Gasteiger partial charge >= 0.3 is 5.97 Å². The lowest BCUT2D eigenvalue weighted by atomic mass is 9.94. The SMILES string of the molecule is CC(C)=CCC/C(C)=C/COC(=O)CC1CCN(C)CC1. The number of esters is 1. The Morgan fingerprint density at radius 3 is 2.48 bits per heavy atom. The summed E-state index contributed by atoms with van der Waals surface area (Å²) in [4.78, 5) is 14.1. The van der Waals surface area contributed by atoms with Crippen LogP contribution in [0.3, 0.4) is 0 Å². The Kier molecular flexibility index (Phi) is 8.36. The van der Waals surface area contributed by atoms with Crippen molar-refractivity contribution < 1.29 is 9.53 Å². The molecule has 1 aliphatic rings. The predicted molar refractivity (Wildman–Crippen MR) is 88.2 cm³/mol. The molecule has 0 atom stereocenters. The van der Waals surface area contributed by atoms with Crippen LogP contribution in [-0.4, -0.2) is 37.6 Å². The number of ether oxygens (including phenoxy) is 1. The summed E-state index contributed by atoms with van der Waals surface area (Å²) in [5.74, 6) is 0.467. The molecule has 0 aromatic rings. The van der Waals surface area contributed by atoms with Gasteiger partial charge in [0.2, 0.25) is 0 Å². The van der Waals surface area contributed by atoms with E-state index in [0.717, 1.165) is 38.8 Å². The molecule has 0 unspecified atom stereocenters. The Hall–Kier alpha value is -1.09. The Balaban J connectivity index is 2.16. The van der Waals surface area contributed by atoms with E-state index < -0.39 is 0 Å². The van der Waals surface area contributed by atoms with Gasteiger partial charge < -0.3 is 9.64 Å². The molecule has 0 aliphatic carbocycles. The number of carbonyl (C=O) groups excluding carboxylic acids is 1. The number of likely N-dealkylation sites (tertiary alicyclic amines) is 1. The third-order valence-electron chi connectivity index (χ3n) is 4.06. The van der Waals surface area contributed by atoms with Gasteiger partial charge in [0, 0.05) is 6.42 Å². The molecular formula is C18H31NO2. The third-order valence-corrected chi connectivity index (χ3v) is 4.06. The largest absolute Gasteiger partial charge is 0.461 e. The van der Waals surface area contributed by atoms with E-state index >= 15 is 0 Å². The highest BCUT2D eigenvalue weighted by atomic mass is 16.5. The van der Waals surface area contributed by atoms with Crippen LogP contribution >= 0.6 is 0 Å². The van der Waals surface area contributed by atoms with Crippen LogP contribution in [-0.2, 0) is 9.53 Å². The van der Waals surface area contributed by atoms with Crippen LogP contribution < -0.4 is 0 Å². The maximum atomic E-state index is 11.8. The molecule has 0 bridgehead atoms. The fourth-order valence-corrected chi connectivity index (χ4v) is 2.53. The normalized spacial score (nSPS) is 17.6. The van der Waals surface area contributed by atoms with Crippen LogP contribution in [0.15, 0.2) is 23.3 Å². The van der Waals surface area contributed by atoms with Crippen LogP contribution in [0, 0.1) is 5.92 Å². The lowest BCUT2D eigenvalue weighted by Crippen LogP contribution is -2.31. The molecule has 0 aromatic carbocycles. The number of carbonyl (C=O) groups is 1. The summed E-state index contributed by atoms with van der Waals surface area (Å²) in [5, 5.41) is 0. The molecule has 0 aromatic heterocycles. The molecule has 1 heterocycles. The van der Waals surface area contributed by atoms with Crippen molar-refractivity contribution in [2.45, 2.75) is 52.9 Å². The molecule has 0 radical (unpaired) electrons. The fraction of sp³-hybridized carbons (Fsp3) is 0.722. The van der Waals surface area contributed by atoms with Gasteiger partial charge in [0.25, 0.3) is 0 Å². The minimum Gasteiger partial charge on any atom is -0.461 e. The molecule has 3 heteroatoms. The van der Waals surface area contributed by atoms with E-state index in [4.69, 9.17) is 4.74 Å². The first-order chi connectivity index (χ1) is 9.97. The van der Waals surface area contributed by atoms with Gasteiger partial charge in [-0.3, -0.25) is 4.79 Å². The van der Waals surface area contributed by atoms with Gasteiger partial charge in [-0.1, -0.05) is 17.2 Å². The van der Waals surface area contributed by atoms with Crippen LogP contribution in [0.2, 0.25) is 0 Å². The van der Waals surface area contributed by atoms with E-state index in [1.807, 2.05) is 6.08 Å². The molecule has 1 saturated heterocycles. The maximum absolute atomic E-state index is 11.8. The summed E-state index contributed by atoms with van der Waals surface area (Å²) in [5.41, 5.74) is 2.65. The average Bonchev–Trinajstić information content (AvgIpc) is 2.41. The van der Waals surface area contributed by atoms with Crippen LogP contribution in [0.4, 0.5) is 0 Å². The number of hydrogen-bond donors (Lipinski definition) is 0. The Morgan fingerprint density at radius 2 is 1.86 bits per heavy atom. The van der Waals surface area contributed by atoms with Gasteiger partial charge in [-0.2, -0.15) is 0 Å². The highest BCUT2D eigenvalue weighted by Gasteiger charge is 2.19. The van der Waals surface area contributed by atoms with Crippen molar-refractivity contribution in [3.8, 4) is 0 Å². The van der Waals surface area contributed by atoms with Crippen LogP contribution in [0.5, 0.6) is 0 Å². The molecule has 120 valence electrons. The van der Waals surface area contributed by atoms with Gasteiger partial charge in [-0.15, -0.1) is 0 Å². The van der Waals surface area contributed by atoms with Crippen LogP contribution in [0.1, 0.15) is 52.9 Å². The summed E-state index contributed by atoms with van der Waals surface area (Å²) in [6.45, 7) is 8.95. The van der Waals surface area contributed by atoms with Gasteiger partial charge in [0.15, 0.2) is 0 Å². The third kappa shape index (κ3) is 8.71. The Morgan fingerprint density at radius 1 is 1.19 bits per heavy atom. The zero-order valence-corrected chi connectivity index (χ0v) is 14.2. The minimum absolute atomic E-state index is 0.0436. The first-order valence-corrected chi connectivity index (χ1v) is 8.10. The van der Waals surface area contributed by atoms with E-state index in [0.29, 0.717) is 18.9 Å².